The molecular weight excluding hydrogens is 440 g/mol. The minimum atomic E-state index is -1.06. The van der Waals surface area contributed by atoms with Gasteiger partial charge in [0.15, 0.2) is 24.1 Å². The number of hydrogen-bond donors (Lipinski definition) is 1. The van der Waals surface area contributed by atoms with Gasteiger partial charge in [0.05, 0.1) is 33.5 Å². The van der Waals surface area contributed by atoms with Crippen LogP contribution in [0.5, 0.6) is 17.2 Å². The fraction of sp³-hybridized carbons (Fsp3) is 0.423. The predicted molar refractivity (Wildman–Crippen MR) is 128 cm³/mol. The Morgan fingerprint density at radius 3 is 2.35 bits per heavy atom. The number of carboxylic acid groups (broad SMARTS) is 1. The molecule has 0 heterocycles. The highest BCUT2D eigenvalue weighted by atomic mass is 16.7. The van der Waals surface area contributed by atoms with Gasteiger partial charge in [-0.2, -0.15) is 0 Å². The third-order valence-electron chi connectivity index (χ3n) is 4.81. The fourth-order valence-electron chi connectivity index (χ4n) is 3.06. The van der Waals surface area contributed by atoms with Gasteiger partial charge in [-0.3, -0.25) is 0 Å². The van der Waals surface area contributed by atoms with E-state index in [1.807, 2.05) is 42.5 Å². The number of benzene rings is 2. The first-order valence-corrected chi connectivity index (χ1v) is 11.2. The van der Waals surface area contributed by atoms with Crippen molar-refractivity contribution in [1.29, 1.82) is 0 Å². The number of hydrogen-bond acceptors (Lipinski definition) is 7. The summed E-state index contributed by atoms with van der Waals surface area (Å²) in [7, 11) is 3.23. The van der Waals surface area contributed by atoms with Crippen LogP contribution in [-0.2, 0) is 31.8 Å². The topological polar surface area (TPSA) is 92.7 Å². The smallest absolute Gasteiger partial charge is 0.370 e. The predicted octanol–water partition coefficient (Wildman–Crippen LogP) is 4.25. The first kappa shape index (κ1) is 27.0. The largest absolute Gasteiger partial charge is 0.493 e. The summed E-state index contributed by atoms with van der Waals surface area (Å²) in [5, 5.41) is 9.11. The molecule has 8 heteroatoms. The van der Waals surface area contributed by atoms with Crippen LogP contribution in [-0.4, -0.2) is 58.5 Å². The molecule has 0 atom stereocenters. The molecule has 0 radical (unpaired) electrons. The Labute approximate surface area is 201 Å². The lowest BCUT2D eigenvalue weighted by atomic mass is 10.1. The SMILES string of the molecule is CCO/C(=C\CCc1ccc(OCCc2ccc(OCOCCOC)cc2)c(OC)c1)C(=O)O. The van der Waals surface area contributed by atoms with Crippen molar-refractivity contribution in [3.05, 3.63) is 65.4 Å². The minimum absolute atomic E-state index is 0.0237. The number of allylic oxidation sites excluding steroid dienone is 1. The molecule has 2 aromatic rings. The monoisotopic (exact) mass is 474 g/mol. The number of rotatable bonds is 17. The molecule has 0 unspecified atom stereocenters. The van der Waals surface area contributed by atoms with Crippen LogP contribution in [0.1, 0.15) is 24.5 Å². The van der Waals surface area contributed by atoms with Gasteiger partial charge in [-0.15, -0.1) is 0 Å². The number of aryl methyl sites for hydroxylation is 1. The number of carbonyl (C=O) groups is 1. The summed E-state index contributed by atoms with van der Waals surface area (Å²) in [5.74, 6) is 0.963. The van der Waals surface area contributed by atoms with E-state index in [4.69, 9.17) is 33.5 Å². The number of carboxylic acids is 1. The lowest BCUT2D eigenvalue weighted by Crippen LogP contribution is -2.07. The Morgan fingerprint density at radius 1 is 0.912 bits per heavy atom. The fourth-order valence-corrected chi connectivity index (χ4v) is 3.06. The summed E-state index contributed by atoms with van der Waals surface area (Å²) in [6.45, 7) is 3.79. The minimum Gasteiger partial charge on any atom is -0.493 e. The zero-order valence-electron chi connectivity index (χ0n) is 20.1. The van der Waals surface area contributed by atoms with Crippen LogP contribution in [0.25, 0.3) is 0 Å². The molecule has 0 aliphatic carbocycles. The molecule has 186 valence electrons. The van der Waals surface area contributed by atoms with Crippen molar-refractivity contribution in [2.45, 2.75) is 26.2 Å². The maximum Gasteiger partial charge on any atom is 0.370 e. The quantitative estimate of drug-likeness (QED) is 0.157. The highest BCUT2D eigenvalue weighted by molar-refractivity contribution is 5.84. The molecule has 0 spiro atoms. The van der Waals surface area contributed by atoms with Crippen molar-refractivity contribution in [3.8, 4) is 17.2 Å². The molecule has 0 saturated carbocycles. The van der Waals surface area contributed by atoms with Gasteiger partial charge < -0.3 is 33.5 Å². The van der Waals surface area contributed by atoms with Crippen molar-refractivity contribution in [1.82, 2.24) is 0 Å². The van der Waals surface area contributed by atoms with E-state index in [0.29, 0.717) is 50.8 Å². The van der Waals surface area contributed by atoms with Gasteiger partial charge in [0.1, 0.15) is 5.75 Å². The molecule has 2 aromatic carbocycles. The molecule has 0 fully saturated rings. The summed E-state index contributed by atoms with van der Waals surface area (Å²) in [6.07, 6.45) is 3.53. The number of methoxy groups -OCH3 is 2. The first-order valence-electron chi connectivity index (χ1n) is 11.2. The van der Waals surface area contributed by atoms with Crippen LogP contribution in [0.15, 0.2) is 54.3 Å². The summed E-state index contributed by atoms with van der Waals surface area (Å²) >= 11 is 0. The summed E-state index contributed by atoms with van der Waals surface area (Å²) in [6, 6.07) is 13.5. The van der Waals surface area contributed by atoms with Crippen molar-refractivity contribution < 1.29 is 38.3 Å². The molecule has 0 aliphatic rings. The van der Waals surface area contributed by atoms with Crippen LogP contribution in [0.2, 0.25) is 0 Å². The molecule has 0 aromatic heterocycles. The summed E-state index contributed by atoms with van der Waals surface area (Å²) in [5.41, 5.74) is 2.14. The second-order valence-corrected chi connectivity index (χ2v) is 7.24. The van der Waals surface area contributed by atoms with Crippen LogP contribution < -0.4 is 14.2 Å². The van der Waals surface area contributed by atoms with Gasteiger partial charge in [-0.1, -0.05) is 18.2 Å². The average molecular weight is 475 g/mol. The van der Waals surface area contributed by atoms with Crippen molar-refractivity contribution in [2.24, 2.45) is 0 Å². The standard InChI is InChI=1S/C26H34O8/c1-4-32-24(26(27)28)7-5-6-21-10-13-23(25(18-21)30-3)33-15-14-20-8-11-22(12-9-20)34-19-31-17-16-29-2/h7-13,18H,4-6,14-17,19H2,1-3H3,(H,27,28)/b24-7-. The Balaban J connectivity index is 1.81. The van der Waals surface area contributed by atoms with E-state index in [1.165, 1.54) is 0 Å². The van der Waals surface area contributed by atoms with Crippen LogP contribution in [0.4, 0.5) is 0 Å². The van der Waals surface area contributed by atoms with Gasteiger partial charge >= 0.3 is 5.97 Å². The molecule has 8 nitrogen and oxygen atoms in total. The molecule has 0 amide bonds. The van der Waals surface area contributed by atoms with Gasteiger partial charge in [0.2, 0.25) is 0 Å². The van der Waals surface area contributed by atoms with E-state index in [-0.39, 0.29) is 12.6 Å². The van der Waals surface area contributed by atoms with E-state index in [1.54, 1.807) is 27.2 Å². The van der Waals surface area contributed by atoms with Gasteiger partial charge in [0.25, 0.3) is 0 Å². The van der Waals surface area contributed by atoms with Crippen molar-refractivity contribution in [3.63, 3.8) is 0 Å². The summed E-state index contributed by atoms with van der Waals surface area (Å²) < 4.78 is 32.3. The number of aliphatic carboxylic acids is 1. The highest BCUT2D eigenvalue weighted by Crippen LogP contribution is 2.29. The zero-order valence-corrected chi connectivity index (χ0v) is 20.1. The lowest BCUT2D eigenvalue weighted by Gasteiger charge is -2.12. The van der Waals surface area contributed by atoms with Crippen molar-refractivity contribution >= 4 is 5.97 Å². The van der Waals surface area contributed by atoms with Crippen molar-refractivity contribution in [2.75, 3.05) is 47.4 Å². The number of ether oxygens (including phenoxy) is 6. The Bertz CT molecular complexity index is 892. The van der Waals surface area contributed by atoms with E-state index in [0.717, 1.165) is 23.3 Å². The molecular formula is C26H34O8. The van der Waals surface area contributed by atoms with Crippen LogP contribution >= 0.6 is 0 Å². The molecule has 1 N–H and O–H groups in total. The molecule has 0 bridgehead atoms. The molecule has 34 heavy (non-hydrogen) atoms. The second kappa shape index (κ2) is 15.6. The lowest BCUT2D eigenvalue weighted by molar-refractivity contribution is -0.136. The van der Waals surface area contributed by atoms with E-state index >= 15 is 0 Å². The van der Waals surface area contributed by atoms with Crippen LogP contribution in [0.3, 0.4) is 0 Å². The Morgan fingerprint density at radius 2 is 1.68 bits per heavy atom. The Kier molecular flexibility index (Phi) is 12.4. The van der Waals surface area contributed by atoms with E-state index < -0.39 is 5.97 Å². The normalized spacial score (nSPS) is 11.2. The second-order valence-electron chi connectivity index (χ2n) is 7.24. The first-order chi connectivity index (χ1) is 16.6. The Hall–Kier alpha value is -3.23. The maximum absolute atomic E-state index is 11.1. The molecule has 0 aliphatic heterocycles. The summed E-state index contributed by atoms with van der Waals surface area (Å²) in [4.78, 5) is 11.1. The van der Waals surface area contributed by atoms with Gasteiger partial charge in [-0.25, -0.2) is 4.79 Å². The third-order valence-corrected chi connectivity index (χ3v) is 4.81. The molecule has 2 rings (SSSR count). The maximum atomic E-state index is 11.1. The van der Waals surface area contributed by atoms with E-state index in [2.05, 4.69) is 0 Å². The highest BCUT2D eigenvalue weighted by Gasteiger charge is 2.09. The average Bonchev–Trinajstić information content (AvgIpc) is 2.84. The third kappa shape index (κ3) is 9.72. The van der Waals surface area contributed by atoms with Gasteiger partial charge in [0, 0.05) is 13.5 Å². The zero-order chi connectivity index (χ0) is 24.6. The van der Waals surface area contributed by atoms with Crippen LogP contribution in [0, 0.1) is 0 Å². The molecule has 0 saturated heterocycles. The van der Waals surface area contributed by atoms with E-state index in [9.17, 15) is 4.79 Å². The van der Waals surface area contributed by atoms with Gasteiger partial charge in [-0.05, 0) is 61.2 Å².